The highest BCUT2D eigenvalue weighted by molar-refractivity contribution is 5.65. The minimum atomic E-state index is -1.53. The van der Waals surface area contributed by atoms with Gasteiger partial charge >= 0.3 is 0 Å². The van der Waals surface area contributed by atoms with E-state index in [2.05, 4.69) is 5.32 Å². The van der Waals surface area contributed by atoms with Crippen LogP contribution in [0.15, 0.2) is 30.3 Å². The zero-order chi connectivity index (χ0) is 15.4. The molecule has 0 saturated heterocycles. The smallest absolute Gasteiger partial charge is 0.195 e. The van der Waals surface area contributed by atoms with Crippen molar-refractivity contribution in [2.24, 2.45) is 0 Å². The van der Waals surface area contributed by atoms with Gasteiger partial charge in [-0.25, -0.2) is 17.6 Å². The molecule has 0 radical (unpaired) electrons. The topological polar surface area (TPSA) is 12.0 Å². The molecule has 1 N–H and O–H groups in total. The second-order valence-electron chi connectivity index (χ2n) is 4.71. The van der Waals surface area contributed by atoms with Crippen LogP contribution in [-0.4, -0.2) is 6.54 Å². The van der Waals surface area contributed by atoms with Crippen LogP contribution in [0.25, 0.3) is 11.1 Å². The van der Waals surface area contributed by atoms with E-state index < -0.39 is 23.3 Å². The van der Waals surface area contributed by atoms with Gasteiger partial charge in [-0.1, -0.05) is 13.0 Å². The summed E-state index contributed by atoms with van der Waals surface area (Å²) in [5, 5.41) is 3.04. The molecule has 0 heterocycles. The lowest BCUT2D eigenvalue weighted by Gasteiger charge is -2.09. The van der Waals surface area contributed by atoms with Gasteiger partial charge in [0.1, 0.15) is 5.82 Å². The van der Waals surface area contributed by atoms with Gasteiger partial charge < -0.3 is 5.32 Å². The average molecular weight is 297 g/mol. The Morgan fingerprint density at radius 1 is 0.905 bits per heavy atom. The third-order valence-electron chi connectivity index (χ3n) is 3.13. The van der Waals surface area contributed by atoms with Crippen LogP contribution in [-0.2, 0) is 6.54 Å². The maximum atomic E-state index is 13.8. The maximum Gasteiger partial charge on any atom is 0.195 e. The summed E-state index contributed by atoms with van der Waals surface area (Å²) < 4.78 is 53.7. The molecule has 1 nitrogen and oxygen atoms in total. The molecule has 0 aliphatic rings. The molecule has 0 atom stereocenters. The molecule has 5 heteroatoms. The van der Waals surface area contributed by atoms with Gasteiger partial charge in [0.25, 0.3) is 0 Å². The van der Waals surface area contributed by atoms with Crippen molar-refractivity contribution in [3.05, 3.63) is 59.2 Å². The van der Waals surface area contributed by atoms with E-state index >= 15 is 0 Å². The number of hydrogen-bond acceptors (Lipinski definition) is 1. The molecule has 0 saturated carbocycles. The molecule has 0 bridgehead atoms. The Hall–Kier alpha value is -1.88. The zero-order valence-electron chi connectivity index (χ0n) is 11.5. The summed E-state index contributed by atoms with van der Waals surface area (Å²) in [5.74, 6) is -4.47. The lowest BCUT2D eigenvalue weighted by Crippen LogP contribution is -2.14. The highest BCUT2D eigenvalue weighted by Gasteiger charge is 2.15. The second kappa shape index (κ2) is 6.72. The van der Waals surface area contributed by atoms with Crippen molar-refractivity contribution in [2.45, 2.75) is 19.9 Å². The fourth-order valence-corrected chi connectivity index (χ4v) is 2.03. The fourth-order valence-electron chi connectivity index (χ4n) is 2.03. The van der Waals surface area contributed by atoms with Crippen LogP contribution in [0.4, 0.5) is 17.6 Å². The van der Waals surface area contributed by atoms with Gasteiger partial charge in [-0.15, -0.1) is 0 Å². The third-order valence-corrected chi connectivity index (χ3v) is 3.13. The number of halogens is 4. The Balaban J connectivity index is 2.37. The molecular formula is C16H15F4N. The van der Waals surface area contributed by atoms with Crippen LogP contribution < -0.4 is 5.32 Å². The summed E-state index contributed by atoms with van der Waals surface area (Å²) in [6.07, 6.45) is 0.902. The summed E-state index contributed by atoms with van der Waals surface area (Å²) >= 11 is 0. The van der Waals surface area contributed by atoms with Crippen molar-refractivity contribution in [1.82, 2.24) is 5.32 Å². The van der Waals surface area contributed by atoms with E-state index in [0.717, 1.165) is 25.1 Å². The zero-order valence-corrected chi connectivity index (χ0v) is 11.5. The molecule has 0 amide bonds. The van der Waals surface area contributed by atoms with Crippen LogP contribution in [0.5, 0.6) is 0 Å². The first-order valence-corrected chi connectivity index (χ1v) is 6.67. The maximum absolute atomic E-state index is 13.8. The predicted molar refractivity (Wildman–Crippen MR) is 73.7 cm³/mol. The average Bonchev–Trinajstić information content (AvgIpc) is 2.47. The van der Waals surface area contributed by atoms with Crippen LogP contribution in [0.1, 0.15) is 18.9 Å². The minimum Gasteiger partial charge on any atom is -0.313 e. The summed E-state index contributed by atoms with van der Waals surface area (Å²) in [5.41, 5.74) is 0.567. The molecule has 0 aromatic heterocycles. The number of hydrogen-bond donors (Lipinski definition) is 1. The van der Waals surface area contributed by atoms with E-state index in [1.165, 1.54) is 18.2 Å². The van der Waals surface area contributed by atoms with Crippen molar-refractivity contribution in [1.29, 1.82) is 0 Å². The van der Waals surface area contributed by atoms with Crippen LogP contribution in [0.3, 0.4) is 0 Å². The minimum absolute atomic E-state index is 0.0920. The van der Waals surface area contributed by atoms with Gasteiger partial charge in [-0.05, 0) is 42.8 Å². The van der Waals surface area contributed by atoms with Crippen molar-refractivity contribution in [3.63, 3.8) is 0 Å². The van der Waals surface area contributed by atoms with Crippen LogP contribution in [0.2, 0.25) is 0 Å². The molecule has 0 unspecified atom stereocenters. The molecular weight excluding hydrogens is 282 g/mol. The normalized spacial score (nSPS) is 10.9. The Bertz CT molecular complexity index is 640. The first-order chi connectivity index (χ1) is 10.0. The van der Waals surface area contributed by atoms with Gasteiger partial charge in [0.05, 0.1) is 0 Å². The monoisotopic (exact) mass is 297 g/mol. The molecule has 0 aliphatic carbocycles. The number of benzene rings is 2. The molecule has 0 fully saturated rings. The second-order valence-corrected chi connectivity index (χ2v) is 4.71. The highest BCUT2D eigenvalue weighted by Crippen LogP contribution is 2.27. The van der Waals surface area contributed by atoms with Crippen molar-refractivity contribution >= 4 is 0 Å². The van der Waals surface area contributed by atoms with E-state index in [-0.39, 0.29) is 5.56 Å². The molecule has 2 rings (SSSR count). The molecule has 21 heavy (non-hydrogen) atoms. The molecule has 0 aliphatic heterocycles. The lowest BCUT2D eigenvalue weighted by atomic mass is 10.0. The van der Waals surface area contributed by atoms with E-state index in [4.69, 9.17) is 0 Å². The first kappa shape index (κ1) is 15.5. The SMILES string of the molecule is CCCNCc1cc(-c2ccc(F)c(F)c2F)ccc1F. The Labute approximate surface area is 120 Å². The van der Waals surface area contributed by atoms with E-state index in [1.807, 2.05) is 6.92 Å². The van der Waals surface area contributed by atoms with Gasteiger partial charge in [0, 0.05) is 17.7 Å². The number of rotatable bonds is 5. The molecule has 2 aromatic rings. The Kier molecular flexibility index (Phi) is 4.96. The molecule has 0 spiro atoms. The highest BCUT2D eigenvalue weighted by atomic mass is 19.2. The van der Waals surface area contributed by atoms with Gasteiger partial charge in [-0.3, -0.25) is 0 Å². The fraction of sp³-hybridized carbons (Fsp3) is 0.250. The lowest BCUT2D eigenvalue weighted by molar-refractivity contribution is 0.449. The summed E-state index contributed by atoms with van der Waals surface area (Å²) in [4.78, 5) is 0. The van der Waals surface area contributed by atoms with E-state index in [9.17, 15) is 17.6 Å². The predicted octanol–water partition coefficient (Wildman–Crippen LogP) is 4.41. The van der Waals surface area contributed by atoms with Gasteiger partial charge in [0.15, 0.2) is 17.5 Å². The summed E-state index contributed by atoms with van der Waals surface area (Å²) in [6, 6.07) is 5.97. The van der Waals surface area contributed by atoms with Crippen molar-refractivity contribution in [3.8, 4) is 11.1 Å². The summed E-state index contributed by atoms with van der Waals surface area (Å²) in [6.45, 7) is 3.00. The van der Waals surface area contributed by atoms with Crippen molar-refractivity contribution < 1.29 is 17.6 Å². The van der Waals surface area contributed by atoms with E-state index in [1.54, 1.807) is 0 Å². The molecule has 2 aromatic carbocycles. The van der Waals surface area contributed by atoms with Crippen LogP contribution >= 0.6 is 0 Å². The quantitative estimate of drug-likeness (QED) is 0.490. The Morgan fingerprint density at radius 2 is 1.62 bits per heavy atom. The Morgan fingerprint density at radius 3 is 2.33 bits per heavy atom. The van der Waals surface area contributed by atoms with Crippen molar-refractivity contribution in [2.75, 3.05) is 6.54 Å². The first-order valence-electron chi connectivity index (χ1n) is 6.67. The largest absolute Gasteiger partial charge is 0.313 e. The summed E-state index contributed by atoms with van der Waals surface area (Å²) in [7, 11) is 0. The van der Waals surface area contributed by atoms with E-state index in [0.29, 0.717) is 17.7 Å². The number of nitrogens with one attached hydrogen (secondary N) is 1. The third kappa shape index (κ3) is 3.42. The van der Waals surface area contributed by atoms with Gasteiger partial charge in [0.2, 0.25) is 0 Å². The van der Waals surface area contributed by atoms with Gasteiger partial charge in [-0.2, -0.15) is 0 Å². The van der Waals surface area contributed by atoms with Crippen LogP contribution in [0, 0.1) is 23.3 Å². The molecule has 112 valence electrons. The standard InChI is InChI=1S/C16H15F4N/c1-2-7-21-9-11-8-10(3-5-13(11)17)12-4-6-14(18)16(20)15(12)19/h3-6,8,21H,2,7,9H2,1H3.